The summed E-state index contributed by atoms with van der Waals surface area (Å²) in [5.41, 5.74) is 1.75. The highest BCUT2D eigenvalue weighted by atomic mass is 35.5. The van der Waals surface area contributed by atoms with Gasteiger partial charge < -0.3 is 14.9 Å². The molecule has 0 bridgehead atoms. The van der Waals surface area contributed by atoms with Crippen LogP contribution in [0.5, 0.6) is 11.5 Å². The van der Waals surface area contributed by atoms with Gasteiger partial charge in [0.25, 0.3) is 0 Å². The highest BCUT2D eigenvalue weighted by Gasteiger charge is 2.18. The van der Waals surface area contributed by atoms with E-state index in [4.69, 9.17) is 16.3 Å². The molecule has 146 valence electrons. The van der Waals surface area contributed by atoms with Crippen molar-refractivity contribution in [3.63, 3.8) is 0 Å². The number of aromatic hydroxyl groups is 1. The summed E-state index contributed by atoms with van der Waals surface area (Å²) in [5, 5.41) is 20.9. The number of phenolic OH excluding ortho intramolecular Hbond substituents is 1. The third-order valence-corrected chi connectivity index (χ3v) is 4.58. The van der Waals surface area contributed by atoms with E-state index in [1.165, 1.54) is 19.2 Å². The van der Waals surface area contributed by atoms with Crippen LogP contribution in [0.15, 0.2) is 79.0 Å². The number of hydrogen-bond donors (Lipinski definition) is 2. The maximum absolute atomic E-state index is 13.1. The van der Waals surface area contributed by atoms with Gasteiger partial charge in [0, 0.05) is 11.6 Å². The number of pyridine rings is 1. The summed E-state index contributed by atoms with van der Waals surface area (Å²) >= 11 is 5.91. The molecule has 0 unspecified atom stereocenters. The van der Waals surface area contributed by atoms with Crippen LogP contribution in [-0.4, -0.2) is 29.1 Å². The van der Waals surface area contributed by atoms with Crippen molar-refractivity contribution in [3.05, 3.63) is 89.8 Å². The Morgan fingerprint density at radius 1 is 0.966 bits per heavy atom. The number of phenols is 1. The fraction of sp³-hybridized carbons (Fsp3) is 0.0455. The van der Waals surface area contributed by atoms with Crippen molar-refractivity contribution in [1.29, 1.82) is 0 Å². The molecule has 0 saturated carbocycles. The highest BCUT2D eigenvalue weighted by molar-refractivity contribution is 6.79. The van der Waals surface area contributed by atoms with Crippen LogP contribution in [0, 0.1) is 5.82 Å². The van der Waals surface area contributed by atoms with Crippen LogP contribution < -0.4 is 15.7 Å². The number of methoxy groups -OCH3 is 1. The number of halogens is 2. The molecule has 4 rings (SSSR count). The van der Waals surface area contributed by atoms with Gasteiger partial charge in [0.1, 0.15) is 22.8 Å². The highest BCUT2D eigenvalue weighted by Crippen LogP contribution is 2.22. The van der Waals surface area contributed by atoms with Gasteiger partial charge in [0.15, 0.2) is 0 Å². The Kier molecular flexibility index (Phi) is 6.70. The van der Waals surface area contributed by atoms with Crippen LogP contribution in [-0.2, 0) is 0 Å². The molecule has 4 aromatic rings. The minimum absolute atomic E-state index is 0.239. The number of nitrogens with zero attached hydrogens (tertiary/aromatic N) is 1. The van der Waals surface area contributed by atoms with E-state index in [1.807, 2.05) is 18.2 Å². The van der Waals surface area contributed by atoms with Crippen molar-refractivity contribution in [2.45, 2.75) is 0 Å². The van der Waals surface area contributed by atoms with E-state index < -0.39 is 6.92 Å². The maximum Gasteiger partial charge on any atom is 0.359 e. The molecule has 0 spiro atoms. The normalized spacial score (nSPS) is 10.2. The van der Waals surface area contributed by atoms with E-state index >= 15 is 0 Å². The van der Waals surface area contributed by atoms with Gasteiger partial charge in [-0.2, -0.15) is 0 Å². The van der Waals surface area contributed by atoms with Gasteiger partial charge in [0.05, 0.1) is 12.1 Å². The first-order valence-electron chi connectivity index (χ1n) is 8.79. The average molecular weight is 410 g/mol. The third-order valence-electron chi connectivity index (χ3n) is 4.27. The van der Waals surface area contributed by atoms with E-state index in [0.717, 1.165) is 5.39 Å². The maximum atomic E-state index is 13.1. The topological polar surface area (TPSA) is 62.6 Å². The molecule has 7 heteroatoms. The van der Waals surface area contributed by atoms with Crippen molar-refractivity contribution >= 4 is 40.3 Å². The molecule has 2 N–H and O–H groups in total. The molecule has 0 aliphatic carbocycles. The number of benzene rings is 3. The average Bonchev–Trinajstić information content (AvgIpc) is 2.74. The SMILES string of the molecule is COc1cc(B(O)c2cccc(F)c2)ccc1Cl.Oc1cccc2cccnc12. The third kappa shape index (κ3) is 5.05. The fourth-order valence-electron chi connectivity index (χ4n) is 2.80. The van der Waals surface area contributed by atoms with Crippen LogP contribution in [0.3, 0.4) is 0 Å². The molecule has 1 heterocycles. The fourth-order valence-corrected chi connectivity index (χ4v) is 3.00. The summed E-state index contributed by atoms with van der Waals surface area (Å²) in [6.45, 7) is -0.910. The lowest BCUT2D eigenvalue weighted by Gasteiger charge is -2.10. The van der Waals surface area contributed by atoms with Gasteiger partial charge in [-0.3, -0.25) is 4.98 Å². The first-order chi connectivity index (χ1) is 14.0. The number of rotatable bonds is 3. The van der Waals surface area contributed by atoms with E-state index in [9.17, 15) is 14.5 Å². The van der Waals surface area contributed by atoms with Crippen LogP contribution >= 0.6 is 11.6 Å². The van der Waals surface area contributed by atoms with E-state index in [1.54, 1.807) is 48.7 Å². The number of hydrogen-bond acceptors (Lipinski definition) is 4. The summed E-state index contributed by atoms with van der Waals surface area (Å²) < 4.78 is 18.2. The molecule has 1 aromatic heterocycles. The predicted molar refractivity (Wildman–Crippen MR) is 115 cm³/mol. The van der Waals surface area contributed by atoms with Gasteiger partial charge in [-0.25, -0.2) is 4.39 Å². The number of para-hydroxylation sites is 1. The minimum Gasteiger partial charge on any atom is -0.506 e. The van der Waals surface area contributed by atoms with Crippen LogP contribution in [0.4, 0.5) is 4.39 Å². The standard InChI is InChI=1S/C13H11BClFO2.C9H7NO/c1-18-13-8-10(5-6-12(13)15)14(17)9-3-2-4-11(16)7-9;11-8-5-1-3-7-4-2-6-10-9(7)8/h2-8,17H,1H3;1-6,11H. The molecule has 3 aromatic carbocycles. The zero-order valence-electron chi connectivity index (χ0n) is 15.6. The van der Waals surface area contributed by atoms with Gasteiger partial charge >= 0.3 is 6.92 Å². The predicted octanol–water partition coefficient (Wildman–Crippen LogP) is 3.53. The second kappa shape index (κ2) is 9.41. The molecule has 29 heavy (non-hydrogen) atoms. The Hall–Kier alpha value is -3.09. The first kappa shape index (κ1) is 20.6. The zero-order chi connectivity index (χ0) is 20.8. The lowest BCUT2D eigenvalue weighted by atomic mass is 9.56. The zero-order valence-corrected chi connectivity index (χ0v) is 16.3. The number of aromatic nitrogens is 1. The monoisotopic (exact) mass is 409 g/mol. The largest absolute Gasteiger partial charge is 0.506 e. The van der Waals surface area contributed by atoms with Gasteiger partial charge in [-0.1, -0.05) is 48.0 Å². The molecule has 4 nitrogen and oxygen atoms in total. The van der Waals surface area contributed by atoms with E-state index in [-0.39, 0.29) is 11.6 Å². The van der Waals surface area contributed by atoms with E-state index in [0.29, 0.717) is 27.2 Å². The molecular formula is C22H18BClFNO3. The summed E-state index contributed by atoms with van der Waals surface area (Å²) in [5.74, 6) is 0.334. The van der Waals surface area contributed by atoms with Crippen LogP contribution in [0.2, 0.25) is 5.02 Å². The molecule has 0 aliphatic rings. The minimum atomic E-state index is -0.910. The van der Waals surface area contributed by atoms with Crippen LogP contribution in [0.25, 0.3) is 10.9 Å². The Labute approximate surface area is 173 Å². The van der Waals surface area contributed by atoms with Crippen molar-refractivity contribution in [1.82, 2.24) is 4.98 Å². The molecule has 0 radical (unpaired) electrons. The van der Waals surface area contributed by atoms with Crippen molar-refractivity contribution in [2.24, 2.45) is 0 Å². The molecule has 0 atom stereocenters. The number of ether oxygens (including phenoxy) is 1. The molecule has 0 amide bonds. The summed E-state index contributed by atoms with van der Waals surface area (Å²) in [6, 6.07) is 19.9. The quantitative estimate of drug-likeness (QED) is 0.508. The molecule has 0 fully saturated rings. The summed E-state index contributed by atoms with van der Waals surface area (Å²) in [4.78, 5) is 4.03. The Morgan fingerprint density at radius 2 is 1.69 bits per heavy atom. The Bertz CT molecular complexity index is 1120. The molecule has 0 aliphatic heterocycles. The van der Waals surface area contributed by atoms with Gasteiger partial charge in [-0.05, 0) is 47.3 Å². The lowest BCUT2D eigenvalue weighted by molar-refractivity contribution is 0.415. The first-order valence-corrected chi connectivity index (χ1v) is 9.17. The smallest absolute Gasteiger partial charge is 0.359 e. The number of fused-ring (bicyclic) bond motifs is 1. The van der Waals surface area contributed by atoms with Crippen molar-refractivity contribution in [3.8, 4) is 11.5 Å². The van der Waals surface area contributed by atoms with Gasteiger partial charge in [0.2, 0.25) is 0 Å². The molecule has 0 saturated heterocycles. The lowest BCUT2D eigenvalue weighted by Crippen LogP contribution is -2.42. The summed E-state index contributed by atoms with van der Waals surface area (Å²) in [6.07, 6.45) is 1.67. The van der Waals surface area contributed by atoms with E-state index in [2.05, 4.69) is 4.98 Å². The van der Waals surface area contributed by atoms with Gasteiger partial charge in [-0.15, -0.1) is 0 Å². The Balaban J connectivity index is 0.000000186. The Morgan fingerprint density at radius 3 is 2.41 bits per heavy atom. The van der Waals surface area contributed by atoms with Crippen LogP contribution in [0.1, 0.15) is 0 Å². The second-order valence-corrected chi connectivity index (χ2v) is 6.61. The second-order valence-electron chi connectivity index (χ2n) is 6.20. The van der Waals surface area contributed by atoms with Crippen molar-refractivity contribution in [2.75, 3.05) is 7.11 Å². The summed E-state index contributed by atoms with van der Waals surface area (Å²) in [7, 11) is 1.50. The van der Waals surface area contributed by atoms with Crippen molar-refractivity contribution < 1.29 is 19.3 Å². The molecular weight excluding hydrogens is 392 g/mol.